The first-order valence-electron chi connectivity index (χ1n) is 7.04. The normalized spacial score (nSPS) is 18.3. The van der Waals surface area contributed by atoms with Gasteiger partial charge in [-0.25, -0.2) is 4.39 Å². The number of rotatable bonds is 3. The summed E-state index contributed by atoms with van der Waals surface area (Å²) in [6.45, 7) is 3.45. The predicted molar refractivity (Wildman–Crippen MR) is 79.6 cm³/mol. The van der Waals surface area contributed by atoms with Crippen molar-refractivity contribution in [1.82, 2.24) is 15.0 Å². The van der Waals surface area contributed by atoms with Gasteiger partial charge in [-0.05, 0) is 37.8 Å². The van der Waals surface area contributed by atoms with Crippen LogP contribution in [0.15, 0.2) is 18.2 Å². The van der Waals surface area contributed by atoms with Crippen LogP contribution in [-0.2, 0) is 6.42 Å². The second-order valence-corrected chi connectivity index (χ2v) is 5.43. The van der Waals surface area contributed by atoms with Crippen molar-refractivity contribution < 1.29 is 4.39 Å². The van der Waals surface area contributed by atoms with Crippen molar-refractivity contribution in [3.8, 4) is 0 Å². The van der Waals surface area contributed by atoms with Gasteiger partial charge in [0, 0.05) is 0 Å². The lowest BCUT2D eigenvalue weighted by atomic mass is 10.1. The molecular formula is C15H18FN5. The molecule has 3 N–H and O–H groups in total. The zero-order valence-electron chi connectivity index (χ0n) is 12.1. The molecular weight excluding hydrogens is 269 g/mol. The predicted octanol–water partition coefficient (Wildman–Crippen LogP) is 2.89. The fourth-order valence-corrected chi connectivity index (χ4v) is 2.68. The van der Waals surface area contributed by atoms with Crippen molar-refractivity contribution in [2.24, 2.45) is 0 Å². The fraction of sp³-hybridized carbons (Fsp3) is 0.400. The molecule has 3 rings (SSSR count). The molecule has 1 aromatic carbocycles. The van der Waals surface area contributed by atoms with Crippen molar-refractivity contribution in [2.45, 2.75) is 38.9 Å². The van der Waals surface area contributed by atoms with Crippen molar-refractivity contribution in [3.05, 3.63) is 40.7 Å². The average Bonchev–Trinajstić information content (AvgIpc) is 2.80. The molecule has 0 amide bonds. The molecule has 0 spiro atoms. The first-order valence-corrected chi connectivity index (χ1v) is 7.04. The van der Waals surface area contributed by atoms with Crippen molar-refractivity contribution in [2.75, 3.05) is 11.1 Å². The maximum atomic E-state index is 13.4. The van der Waals surface area contributed by atoms with E-state index in [4.69, 9.17) is 5.73 Å². The van der Waals surface area contributed by atoms with Crippen LogP contribution in [0, 0.1) is 6.92 Å². The first-order chi connectivity index (χ1) is 10.0. The van der Waals surface area contributed by atoms with E-state index in [-0.39, 0.29) is 17.8 Å². The molecule has 0 fully saturated rings. The highest BCUT2D eigenvalue weighted by molar-refractivity contribution is 5.43. The summed E-state index contributed by atoms with van der Waals surface area (Å²) in [6, 6.07) is 6.57. The number of hydrogen-bond donors (Lipinski definition) is 2. The van der Waals surface area contributed by atoms with Crippen LogP contribution in [0.4, 0.5) is 16.3 Å². The molecule has 0 saturated heterocycles. The number of hydrogen-bond acceptors (Lipinski definition) is 5. The van der Waals surface area contributed by atoms with Crippen LogP contribution >= 0.6 is 0 Å². The molecule has 6 heteroatoms. The molecule has 1 aliphatic rings. The van der Waals surface area contributed by atoms with E-state index in [1.165, 1.54) is 23.6 Å². The lowest BCUT2D eigenvalue weighted by Crippen LogP contribution is -2.13. The molecule has 1 heterocycles. The van der Waals surface area contributed by atoms with Gasteiger partial charge in [0.15, 0.2) is 12.0 Å². The molecule has 21 heavy (non-hydrogen) atoms. The average molecular weight is 287 g/mol. The van der Waals surface area contributed by atoms with E-state index in [0.717, 1.165) is 12.8 Å². The number of fused-ring (bicyclic) bond motifs is 1. The van der Waals surface area contributed by atoms with Gasteiger partial charge in [0.05, 0.1) is 6.04 Å². The van der Waals surface area contributed by atoms with Crippen LogP contribution in [0.25, 0.3) is 0 Å². The summed E-state index contributed by atoms with van der Waals surface area (Å²) >= 11 is 0. The Morgan fingerprint density at radius 1 is 1.33 bits per heavy atom. The van der Waals surface area contributed by atoms with Crippen molar-refractivity contribution >= 4 is 11.9 Å². The van der Waals surface area contributed by atoms with Gasteiger partial charge in [0.1, 0.15) is 0 Å². The van der Waals surface area contributed by atoms with Crippen LogP contribution in [-0.4, -0.2) is 15.0 Å². The number of alkyl halides is 1. The third kappa shape index (κ3) is 2.79. The number of aryl methyl sites for hydroxylation is 2. The number of halogens is 1. The molecule has 2 atom stereocenters. The largest absolute Gasteiger partial charge is 0.368 e. The SMILES string of the molecule is Cc1ccc2c(c1)[C@H](Nc1nc(N)nc([C@@H](C)F)n1)CC2. The second-order valence-electron chi connectivity index (χ2n) is 5.43. The van der Waals surface area contributed by atoms with E-state index < -0.39 is 6.17 Å². The summed E-state index contributed by atoms with van der Waals surface area (Å²) in [6.07, 6.45) is 0.708. The molecule has 5 nitrogen and oxygen atoms in total. The minimum absolute atomic E-state index is 0.0365. The van der Waals surface area contributed by atoms with Crippen LogP contribution in [0.3, 0.4) is 0 Å². The van der Waals surface area contributed by atoms with Gasteiger partial charge >= 0.3 is 0 Å². The Balaban J connectivity index is 1.87. The van der Waals surface area contributed by atoms with Gasteiger partial charge in [-0.1, -0.05) is 23.8 Å². The third-order valence-electron chi connectivity index (χ3n) is 3.71. The zero-order chi connectivity index (χ0) is 15.0. The highest BCUT2D eigenvalue weighted by Crippen LogP contribution is 2.33. The summed E-state index contributed by atoms with van der Waals surface area (Å²) in [7, 11) is 0. The molecule has 0 bridgehead atoms. The summed E-state index contributed by atoms with van der Waals surface area (Å²) in [4.78, 5) is 12.0. The van der Waals surface area contributed by atoms with Gasteiger partial charge in [0.25, 0.3) is 0 Å². The van der Waals surface area contributed by atoms with Crippen molar-refractivity contribution in [1.29, 1.82) is 0 Å². The van der Waals surface area contributed by atoms with E-state index in [1.54, 1.807) is 0 Å². The number of anilines is 2. The molecule has 110 valence electrons. The lowest BCUT2D eigenvalue weighted by Gasteiger charge is -2.15. The summed E-state index contributed by atoms with van der Waals surface area (Å²) in [5, 5.41) is 3.25. The Morgan fingerprint density at radius 3 is 2.90 bits per heavy atom. The highest BCUT2D eigenvalue weighted by atomic mass is 19.1. The minimum Gasteiger partial charge on any atom is -0.368 e. The van der Waals surface area contributed by atoms with Crippen LogP contribution in [0.1, 0.15) is 48.1 Å². The maximum Gasteiger partial charge on any atom is 0.228 e. The quantitative estimate of drug-likeness (QED) is 0.907. The van der Waals surface area contributed by atoms with E-state index in [0.29, 0.717) is 5.95 Å². The Morgan fingerprint density at radius 2 is 2.14 bits per heavy atom. The molecule has 0 unspecified atom stereocenters. The fourth-order valence-electron chi connectivity index (χ4n) is 2.68. The highest BCUT2D eigenvalue weighted by Gasteiger charge is 2.23. The van der Waals surface area contributed by atoms with E-state index in [9.17, 15) is 4.39 Å². The van der Waals surface area contributed by atoms with Gasteiger partial charge in [-0.15, -0.1) is 0 Å². The maximum absolute atomic E-state index is 13.4. The number of nitrogens with one attached hydrogen (secondary N) is 1. The molecule has 1 aromatic heterocycles. The van der Waals surface area contributed by atoms with Crippen LogP contribution in [0.5, 0.6) is 0 Å². The molecule has 1 aliphatic carbocycles. The number of aromatic nitrogens is 3. The van der Waals surface area contributed by atoms with Gasteiger partial charge in [-0.3, -0.25) is 0 Å². The Hall–Kier alpha value is -2.24. The summed E-state index contributed by atoms with van der Waals surface area (Å²) in [5.41, 5.74) is 9.43. The standard InChI is InChI=1S/C15H18FN5/c1-8-3-4-10-5-6-12(11(10)7-8)18-15-20-13(9(2)16)19-14(17)21-15/h3-4,7,9,12H,5-6H2,1-2H3,(H3,17,18,19,20,21)/t9-,12-/m1/s1. The van der Waals surface area contributed by atoms with Gasteiger partial charge in [0.2, 0.25) is 11.9 Å². The molecule has 2 aromatic rings. The Labute approximate surface area is 122 Å². The first kappa shape index (κ1) is 13.7. The smallest absolute Gasteiger partial charge is 0.228 e. The van der Waals surface area contributed by atoms with E-state index >= 15 is 0 Å². The summed E-state index contributed by atoms with van der Waals surface area (Å²) in [5.74, 6) is 0.434. The minimum atomic E-state index is -1.27. The van der Waals surface area contributed by atoms with Gasteiger partial charge in [-0.2, -0.15) is 15.0 Å². The van der Waals surface area contributed by atoms with Crippen molar-refractivity contribution in [3.63, 3.8) is 0 Å². The van der Waals surface area contributed by atoms with E-state index in [2.05, 4.69) is 45.4 Å². The van der Waals surface area contributed by atoms with E-state index in [1.807, 2.05) is 0 Å². The second kappa shape index (κ2) is 5.27. The molecule has 0 saturated carbocycles. The monoisotopic (exact) mass is 287 g/mol. The molecule has 0 aliphatic heterocycles. The third-order valence-corrected chi connectivity index (χ3v) is 3.71. The summed E-state index contributed by atoms with van der Waals surface area (Å²) < 4.78 is 13.4. The van der Waals surface area contributed by atoms with Gasteiger partial charge < -0.3 is 11.1 Å². The van der Waals surface area contributed by atoms with Crippen LogP contribution < -0.4 is 11.1 Å². The lowest BCUT2D eigenvalue weighted by molar-refractivity contribution is 0.356. The number of nitrogens with zero attached hydrogens (tertiary/aromatic N) is 3. The number of nitrogens with two attached hydrogens (primary N) is 1. The number of benzene rings is 1. The Bertz CT molecular complexity index is 671. The number of nitrogen functional groups attached to an aromatic ring is 1. The zero-order valence-corrected chi connectivity index (χ0v) is 12.1. The molecule has 0 radical (unpaired) electrons. The van der Waals surface area contributed by atoms with Crippen LogP contribution in [0.2, 0.25) is 0 Å². The Kier molecular flexibility index (Phi) is 3.45. The topological polar surface area (TPSA) is 76.7 Å².